The normalized spacial score (nSPS) is 35.5. The van der Waals surface area contributed by atoms with E-state index in [1.807, 2.05) is 26.8 Å². The predicted octanol–water partition coefficient (Wildman–Crippen LogP) is 2.35. The predicted molar refractivity (Wildman–Crippen MR) is 90.2 cm³/mol. The highest BCUT2D eigenvalue weighted by Crippen LogP contribution is 2.36. The van der Waals surface area contributed by atoms with Crippen molar-refractivity contribution in [3.05, 3.63) is 35.5 Å². The van der Waals surface area contributed by atoms with Gasteiger partial charge in [0.15, 0.2) is 0 Å². The van der Waals surface area contributed by atoms with Gasteiger partial charge in [-0.25, -0.2) is 4.79 Å². The first kappa shape index (κ1) is 18.6. The molecule has 0 aromatic heterocycles. The first-order chi connectivity index (χ1) is 11.3. The third kappa shape index (κ3) is 4.02. The number of carbonyl (C=O) groups is 2. The first-order valence-corrected chi connectivity index (χ1v) is 8.37. The van der Waals surface area contributed by atoms with Crippen LogP contribution in [0.4, 0.5) is 0 Å². The largest absolute Gasteiger partial charge is 0.454 e. The molecular weight excluding hydrogens is 308 g/mol. The van der Waals surface area contributed by atoms with E-state index in [-0.39, 0.29) is 17.1 Å². The zero-order valence-corrected chi connectivity index (χ0v) is 14.5. The van der Waals surface area contributed by atoms with Crippen molar-refractivity contribution in [1.82, 2.24) is 0 Å². The molecule has 0 aromatic carbocycles. The van der Waals surface area contributed by atoms with Crippen LogP contribution in [0, 0.1) is 11.8 Å². The Labute approximate surface area is 143 Å². The summed E-state index contributed by atoms with van der Waals surface area (Å²) in [5, 5.41) is 10.7. The monoisotopic (exact) mass is 334 g/mol. The van der Waals surface area contributed by atoms with E-state index in [0.717, 1.165) is 12.0 Å². The van der Waals surface area contributed by atoms with Crippen molar-refractivity contribution >= 4 is 12.3 Å². The molecule has 0 saturated carbocycles. The van der Waals surface area contributed by atoms with Crippen LogP contribution in [0.1, 0.15) is 33.6 Å². The van der Waals surface area contributed by atoms with Crippen LogP contribution < -0.4 is 0 Å². The minimum atomic E-state index is -1.12. The van der Waals surface area contributed by atoms with Crippen LogP contribution in [0.25, 0.3) is 0 Å². The Kier molecular flexibility index (Phi) is 6.13. The Bertz CT molecular complexity index is 572. The number of aliphatic hydroxyl groups is 1. The Morgan fingerprint density at radius 2 is 2.21 bits per heavy atom. The lowest BCUT2D eigenvalue weighted by Gasteiger charge is -2.31. The number of fused-ring (bicyclic) bond motifs is 1. The third-order valence-corrected chi connectivity index (χ3v) is 4.39. The number of hydrogen-bond donors (Lipinski definition) is 1. The molecule has 1 aliphatic heterocycles. The fourth-order valence-electron chi connectivity index (χ4n) is 3.08. The van der Waals surface area contributed by atoms with Gasteiger partial charge in [-0.1, -0.05) is 32.1 Å². The van der Waals surface area contributed by atoms with E-state index in [1.54, 1.807) is 6.08 Å². The van der Waals surface area contributed by atoms with Gasteiger partial charge in [-0.2, -0.15) is 0 Å². The zero-order valence-electron chi connectivity index (χ0n) is 14.5. The van der Waals surface area contributed by atoms with E-state index >= 15 is 0 Å². The summed E-state index contributed by atoms with van der Waals surface area (Å²) < 4.78 is 11.3. The van der Waals surface area contributed by atoms with Crippen molar-refractivity contribution in [2.24, 2.45) is 11.8 Å². The smallest absolute Gasteiger partial charge is 0.334 e. The molecule has 0 bridgehead atoms. The second-order valence-electron chi connectivity index (χ2n) is 6.93. The van der Waals surface area contributed by atoms with Crippen molar-refractivity contribution in [3.8, 4) is 0 Å². The molecule has 1 saturated heterocycles. The van der Waals surface area contributed by atoms with Gasteiger partial charge in [0, 0.05) is 17.8 Å². The van der Waals surface area contributed by atoms with E-state index in [2.05, 4.69) is 6.58 Å². The van der Waals surface area contributed by atoms with Crippen molar-refractivity contribution in [3.63, 3.8) is 0 Å². The van der Waals surface area contributed by atoms with Crippen molar-refractivity contribution < 1.29 is 24.2 Å². The molecule has 1 aliphatic carbocycles. The Balaban J connectivity index is 2.44. The van der Waals surface area contributed by atoms with Gasteiger partial charge in [-0.15, -0.1) is 0 Å². The van der Waals surface area contributed by atoms with E-state index in [9.17, 15) is 14.7 Å². The molecule has 0 spiro atoms. The molecule has 1 fully saturated rings. The number of carbonyl (C=O) groups excluding carboxylic acids is 2. The maximum Gasteiger partial charge on any atom is 0.334 e. The summed E-state index contributed by atoms with van der Waals surface area (Å²) in [5.41, 5.74) is 1.63. The lowest BCUT2D eigenvalue weighted by Crippen LogP contribution is -2.42. The van der Waals surface area contributed by atoms with E-state index in [0.29, 0.717) is 19.3 Å². The van der Waals surface area contributed by atoms with Gasteiger partial charge in [0.05, 0.1) is 12.0 Å². The van der Waals surface area contributed by atoms with Gasteiger partial charge >= 0.3 is 5.97 Å². The molecule has 0 aromatic rings. The molecule has 5 heteroatoms. The summed E-state index contributed by atoms with van der Waals surface area (Å²) in [7, 11) is 0. The molecule has 24 heavy (non-hydrogen) atoms. The summed E-state index contributed by atoms with van der Waals surface area (Å²) in [6, 6.07) is 0. The molecule has 0 amide bonds. The maximum atomic E-state index is 12.0. The molecule has 2 rings (SSSR count). The summed E-state index contributed by atoms with van der Waals surface area (Å²) in [5.74, 6) is -0.740. The number of hydrogen-bond acceptors (Lipinski definition) is 5. The SMILES string of the molecule is C=C1C(=O)O[C@@H]2/C=C(\C)CC/C=C(/C=O)[C@H](O)[C@@H](OCC(C)C)[C@@H]12. The summed E-state index contributed by atoms with van der Waals surface area (Å²) in [6.07, 6.45) is 3.27. The van der Waals surface area contributed by atoms with Crippen molar-refractivity contribution in [2.75, 3.05) is 6.61 Å². The van der Waals surface area contributed by atoms with Crippen LogP contribution in [0.5, 0.6) is 0 Å². The standard InChI is InChI=1S/C19H26O5/c1-11(2)10-23-18-16-13(4)19(22)24-15(16)8-12(3)6-5-7-14(9-20)17(18)21/h7-9,11,15-18,21H,4-6,10H2,1-3H3/b12-8+,14-7-/t15-,16+,17+,18+/m1/s1. The van der Waals surface area contributed by atoms with Gasteiger partial charge < -0.3 is 14.6 Å². The fourth-order valence-corrected chi connectivity index (χ4v) is 3.08. The van der Waals surface area contributed by atoms with Crippen LogP contribution >= 0.6 is 0 Å². The van der Waals surface area contributed by atoms with Crippen molar-refractivity contribution in [2.45, 2.75) is 51.9 Å². The second kappa shape index (κ2) is 7.90. The second-order valence-corrected chi connectivity index (χ2v) is 6.93. The highest BCUT2D eigenvalue weighted by atomic mass is 16.6. The summed E-state index contributed by atoms with van der Waals surface area (Å²) in [6.45, 7) is 10.2. The van der Waals surface area contributed by atoms with Crippen LogP contribution in [-0.4, -0.2) is 42.3 Å². The van der Waals surface area contributed by atoms with Crippen LogP contribution in [-0.2, 0) is 19.1 Å². The summed E-state index contributed by atoms with van der Waals surface area (Å²) in [4.78, 5) is 23.4. The molecule has 132 valence electrons. The van der Waals surface area contributed by atoms with E-state index in [4.69, 9.17) is 9.47 Å². The number of aldehydes is 1. The van der Waals surface area contributed by atoms with Crippen molar-refractivity contribution in [1.29, 1.82) is 0 Å². The van der Waals surface area contributed by atoms with Crippen LogP contribution in [0.3, 0.4) is 0 Å². The van der Waals surface area contributed by atoms with Gasteiger partial charge in [-0.3, -0.25) is 4.79 Å². The van der Waals surface area contributed by atoms with Gasteiger partial charge in [0.25, 0.3) is 0 Å². The molecule has 4 atom stereocenters. The Morgan fingerprint density at radius 1 is 1.50 bits per heavy atom. The molecule has 2 aliphatic rings. The minimum absolute atomic E-state index is 0.248. The van der Waals surface area contributed by atoms with Gasteiger partial charge in [0.2, 0.25) is 0 Å². The zero-order chi connectivity index (χ0) is 17.9. The highest BCUT2D eigenvalue weighted by Gasteiger charge is 2.46. The average Bonchev–Trinajstić information content (AvgIpc) is 2.78. The number of ether oxygens (including phenoxy) is 2. The Hall–Kier alpha value is -1.72. The van der Waals surface area contributed by atoms with Crippen LogP contribution in [0.15, 0.2) is 35.5 Å². The first-order valence-electron chi connectivity index (χ1n) is 8.37. The molecule has 0 radical (unpaired) electrons. The lowest BCUT2D eigenvalue weighted by atomic mass is 9.83. The third-order valence-electron chi connectivity index (χ3n) is 4.39. The van der Waals surface area contributed by atoms with E-state index < -0.39 is 30.2 Å². The maximum absolute atomic E-state index is 12.0. The lowest BCUT2D eigenvalue weighted by molar-refractivity contribution is -0.138. The van der Waals surface area contributed by atoms with Crippen LogP contribution in [0.2, 0.25) is 0 Å². The molecule has 1 N–H and O–H groups in total. The van der Waals surface area contributed by atoms with Gasteiger partial charge in [0.1, 0.15) is 18.5 Å². The average molecular weight is 334 g/mol. The quantitative estimate of drug-likeness (QED) is 0.370. The topological polar surface area (TPSA) is 72.8 Å². The number of allylic oxidation sites excluding steroid dienone is 2. The molecular formula is C19H26O5. The highest BCUT2D eigenvalue weighted by molar-refractivity contribution is 5.91. The molecule has 0 unspecified atom stereocenters. The Morgan fingerprint density at radius 3 is 2.83 bits per heavy atom. The number of rotatable bonds is 4. The fraction of sp³-hybridized carbons (Fsp3) is 0.579. The minimum Gasteiger partial charge on any atom is -0.454 e. The van der Waals surface area contributed by atoms with Gasteiger partial charge in [-0.05, 0) is 31.8 Å². The molecule has 5 nitrogen and oxygen atoms in total. The number of aliphatic hydroxyl groups excluding tert-OH is 1. The molecule has 1 heterocycles. The summed E-state index contributed by atoms with van der Waals surface area (Å²) >= 11 is 0. The number of esters is 1. The van der Waals surface area contributed by atoms with E-state index in [1.165, 1.54) is 0 Å².